The summed E-state index contributed by atoms with van der Waals surface area (Å²) >= 11 is 2.90. The monoisotopic (exact) mass is 356 g/mol. The fraction of sp³-hybridized carbons (Fsp3) is 0.133. The van der Waals surface area contributed by atoms with Gasteiger partial charge in [-0.15, -0.1) is 16.4 Å². The van der Waals surface area contributed by atoms with E-state index >= 15 is 0 Å². The Kier molecular flexibility index (Phi) is 5.20. The summed E-state index contributed by atoms with van der Waals surface area (Å²) in [5.41, 5.74) is 1.10. The SMILES string of the molecule is N#Cc1cccc(NC(=O)CSc2nnnn2Cc2cccs2)c1. The van der Waals surface area contributed by atoms with Crippen molar-refractivity contribution >= 4 is 34.7 Å². The number of nitrogens with zero attached hydrogens (tertiary/aromatic N) is 5. The number of anilines is 1. The van der Waals surface area contributed by atoms with Crippen LogP contribution in [0.15, 0.2) is 46.9 Å². The van der Waals surface area contributed by atoms with E-state index in [9.17, 15) is 4.79 Å². The van der Waals surface area contributed by atoms with E-state index in [0.29, 0.717) is 23.0 Å². The molecule has 3 rings (SSSR count). The van der Waals surface area contributed by atoms with Crippen LogP contribution in [0.3, 0.4) is 0 Å². The number of nitrogens with one attached hydrogen (secondary N) is 1. The van der Waals surface area contributed by atoms with Gasteiger partial charge in [0.2, 0.25) is 11.1 Å². The molecule has 2 aromatic heterocycles. The van der Waals surface area contributed by atoms with Crippen LogP contribution in [-0.2, 0) is 11.3 Å². The van der Waals surface area contributed by atoms with Crippen LogP contribution in [0.5, 0.6) is 0 Å². The molecule has 24 heavy (non-hydrogen) atoms. The fourth-order valence-electron chi connectivity index (χ4n) is 1.94. The Morgan fingerprint density at radius 3 is 3.08 bits per heavy atom. The first kappa shape index (κ1) is 16.2. The second-order valence-electron chi connectivity index (χ2n) is 4.73. The average molecular weight is 356 g/mol. The van der Waals surface area contributed by atoms with Gasteiger partial charge in [-0.05, 0) is 40.1 Å². The van der Waals surface area contributed by atoms with Gasteiger partial charge in [0.15, 0.2) is 0 Å². The highest BCUT2D eigenvalue weighted by atomic mass is 32.2. The number of hydrogen-bond acceptors (Lipinski definition) is 7. The molecule has 0 aliphatic rings. The van der Waals surface area contributed by atoms with Crippen LogP contribution in [0.25, 0.3) is 0 Å². The predicted molar refractivity (Wildman–Crippen MR) is 91.7 cm³/mol. The second-order valence-corrected chi connectivity index (χ2v) is 6.70. The minimum absolute atomic E-state index is 0.180. The highest BCUT2D eigenvalue weighted by Gasteiger charge is 2.11. The van der Waals surface area contributed by atoms with Crippen molar-refractivity contribution in [3.05, 3.63) is 52.2 Å². The molecule has 0 atom stereocenters. The van der Waals surface area contributed by atoms with E-state index in [4.69, 9.17) is 5.26 Å². The molecule has 3 aromatic rings. The van der Waals surface area contributed by atoms with Crippen molar-refractivity contribution in [2.24, 2.45) is 0 Å². The minimum atomic E-state index is -0.180. The maximum Gasteiger partial charge on any atom is 0.234 e. The molecule has 0 aliphatic heterocycles. The Hall–Kier alpha value is -2.70. The number of carbonyl (C=O) groups is 1. The molecule has 0 unspecified atom stereocenters. The summed E-state index contributed by atoms with van der Waals surface area (Å²) in [7, 11) is 0. The Morgan fingerprint density at radius 2 is 2.29 bits per heavy atom. The van der Waals surface area contributed by atoms with Gasteiger partial charge in [0, 0.05) is 10.6 Å². The molecule has 0 spiro atoms. The molecule has 2 heterocycles. The van der Waals surface area contributed by atoms with E-state index in [1.165, 1.54) is 11.8 Å². The minimum Gasteiger partial charge on any atom is -0.325 e. The first-order chi connectivity index (χ1) is 11.7. The zero-order valence-electron chi connectivity index (χ0n) is 12.4. The number of hydrogen-bond donors (Lipinski definition) is 1. The van der Waals surface area contributed by atoms with Gasteiger partial charge in [-0.25, -0.2) is 4.68 Å². The number of rotatable bonds is 6. The van der Waals surface area contributed by atoms with Crippen LogP contribution in [-0.4, -0.2) is 31.9 Å². The van der Waals surface area contributed by atoms with Gasteiger partial charge in [0.25, 0.3) is 0 Å². The summed E-state index contributed by atoms with van der Waals surface area (Å²) < 4.78 is 1.67. The summed E-state index contributed by atoms with van der Waals surface area (Å²) in [6.45, 7) is 0.582. The largest absolute Gasteiger partial charge is 0.325 e. The number of nitriles is 1. The second kappa shape index (κ2) is 7.72. The molecule has 7 nitrogen and oxygen atoms in total. The molecule has 0 radical (unpaired) electrons. The molecule has 120 valence electrons. The molecular formula is C15H12N6OS2. The van der Waals surface area contributed by atoms with Crippen LogP contribution < -0.4 is 5.32 Å². The van der Waals surface area contributed by atoms with E-state index in [1.54, 1.807) is 40.3 Å². The number of thioether (sulfide) groups is 1. The summed E-state index contributed by atoms with van der Waals surface area (Å²) in [5.74, 6) is 0.00229. The van der Waals surface area contributed by atoms with Gasteiger partial charge in [-0.3, -0.25) is 4.79 Å². The highest BCUT2D eigenvalue weighted by molar-refractivity contribution is 7.99. The first-order valence-corrected chi connectivity index (χ1v) is 8.82. The van der Waals surface area contributed by atoms with Gasteiger partial charge < -0.3 is 5.32 Å². The van der Waals surface area contributed by atoms with Crippen molar-refractivity contribution in [2.75, 3.05) is 11.1 Å². The molecule has 0 bridgehead atoms. The molecule has 1 amide bonds. The summed E-state index contributed by atoms with van der Waals surface area (Å²) in [5, 5.41) is 25.8. The third-order valence-electron chi connectivity index (χ3n) is 2.99. The molecule has 0 aliphatic carbocycles. The van der Waals surface area contributed by atoms with Crippen LogP contribution in [0, 0.1) is 11.3 Å². The maximum atomic E-state index is 12.0. The topological polar surface area (TPSA) is 96.5 Å². The molecular weight excluding hydrogens is 344 g/mol. The average Bonchev–Trinajstić information content (AvgIpc) is 3.25. The van der Waals surface area contributed by atoms with E-state index in [2.05, 4.69) is 20.8 Å². The first-order valence-electron chi connectivity index (χ1n) is 6.96. The zero-order chi connectivity index (χ0) is 16.8. The molecule has 1 N–H and O–H groups in total. The lowest BCUT2D eigenvalue weighted by atomic mass is 10.2. The normalized spacial score (nSPS) is 10.3. The van der Waals surface area contributed by atoms with Gasteiger partial charge >= 0.3 is 0 Å². The lowest BCUT2D eigenvalue weighted by Crippen LogP contribution is -2.15. The van der Waals surface area contributed by atoms with Crippen molar-refractivity contribution in [1.82, 2.24) is 20.2 Å². The van der Waals surface area contributed by atoms with E-state index in [0.717, 1.165) is 4.88 Å². The number of benzene rings is 1. The zero-order valence-corrected chi connectivity index (χ0v) is 14.0. The van der Waals surface area contributed by atoms with Crippen molar-refractivity contribution in [1.29, 1.82) is 5.26 Å². The number of tetrazole rings is 1. The smallest absolute Gasteiger partial charge is 0.234 e. The number of carbonyl (C=O) groups excluding carboxylic acids is 1. The van der Waals surface area contributed by atoms with E-state index < -0.39 is 0 Å². The highest BCUT2D eigenvalue weighted by Crippen LogP contribution is 2.18. The van der Waals surface area contributed by atoms with Crippen LogP contribution in [0.2, 0.25) is 0 Å². The third-order valence-corrected chi connectivity index (χ3v) is 4.81. The number of aromatic nitrogens is 4. The lowest BCUT2D eigenvalue weighted by Gasteiger charge is -2.05. The van der Waals surface area contributed by atoms with Crippen molar-refractivity contribution in [2.45, 2.75) is 11.7 Å². The van der Waals surface area contributed by atoms with E-state index in [1.807, 2.05) is 23.6 Å². The van der Waals surface area contributed by atoms with Gasteiger partial charge in [-0.2, -0.15) is 5.26 Å². The lowest BCUT2D eigenvalue weighted by molar-refractivity contribution is -0.113. The Morgan fingerprint density at radius 1 is 1.38 bits per heavy atom. The fourth-order valence-corrected chi connectivity index (χ4v) is 3.31. The van der Waals surface area contributed by atoms with Crippen LogP contribution in [0.1, 0.15) is 10.4 Å². The summed E-state index contributed by atoms with van der Waals surface area (Å²) in [6, 6.07) is 12.8. The molecule has 9 heteroatoms. The van der Waals surface area contributed by atoms with Crippen LogP contribution in [0.4, 0.5) is 5.69 Å². The number of amides is 1. The number of thiophene rings is 1. The van der Waals surface area contributed by atoms with Crippen LogP contribution >= 0.6 is 23.1 Å². The molecule has 1 aromatic carbocycles. The predicted octanol–water partition coefficient (Wildman–Crippen LogP) is 2.39. The van der Waals surface area contributed by atoms with E-state index in [-0.39, 0.29) is 11.7 Å². The molecule has 0 saturated carbocycles. The quantitative estimate of drug-likeness (QED) is 0.681. The third kappa shape index (κ3) is 4.18. The van der Waals surface area contributed by atoms with Gasteiger partial charge in [0.05, 0.1) is 23.9 Å². The standard InChI is InChI=1S/C15H12N6OS2/c16-8-11-3-1-4-12(7-11)17-14(22)10-24-15-18-19-20-21(15)9-13-5-2-6-23-13/h1-7H,9-10H2,(H,17,22). The summed E-state index contributed by atoms with van der Waals surface area (Å²) in [4.78, 5) is 13.2. The Labute approximate surface area is 146 Å². The van der Waals surface area contributed by atoms with Gasteiger partial charge in [0.1, 0.15) is 0 Å². The van der Waals surface area contributed by atoms with Gasteiger partial charge in [-0.1, -0.05) is 23.9 Å². The maximum absolute atomic E-state index is 12.0. The Balaban J connectivity index is 1.57. The molecule has 0 fully saturated rings. The molecule has 0 saturated heterocycles. The Bertz CT molecular complexity index is 868. The van der Waals surface area contributed by atoms with Crippen molar-refractivity contribution in [3.63, 3.8) is 0 Å². The van der Waals surface area contributed by atoms with Crippen molar-refractivity contribution < 1.29 is 4.79 Å². The van der Waals surface area contributed by atoms with Crippen molar-refractivity contribution in [3.8, 4) is 6.07 Å². The summed E-state index contributed by atoms with van der Waals surface area (Å²) in [6.07, 6.45) is 0.